The van der Waals surface area contributed by atoms with Crippen molar-refractivity contribution in [3.8, 4) is 38.5 Å². The largest absolute Gasteiger partial charge is 0.309 e. The fourth-order valence-electron chi connectivity index (χ4n) is 8.36. The highest BCUT2D eigenvalue weighted by Gasteiger charge is 2.19. The average Bonchev–Trinajstić information content (AvgIpc) is 4.01. The van der Waals surface area contributed by atoms with Crippen LogP contribution in [-0.4, -0.2) is 9.55 Å². The van der Waals surface area contributed by atoms with E-state index in [1.54, 1.807) is 11.3 Å². The Morgan fingerprint density at radius 2 is 0.907 bits per heavy atom. The van der Waals surface area contributed by atoms with Gasteiger partial charge < -0.3 is 4.57 Å². The lowest BCUT2D eigenvalue weighted by molar-refractivity contribution is 1.18. The summed E-state index contributed by atoms with van der Waals surface area (Å²) >= 11 is 5.53. The molecule has 0 aliphatic heterocycles. The maximum atomic E-state index is 5.01. The van der Waals surface area contributed by atoms with Crippen LogP contribution >= 0.6 is 34.0 Å². The van der Waals surface area contributed by atoms with Gasteiger partial charge in [0.1, 0.15) is 5.01 Å². The molecule has 0 saturated carbocycles. The third kappa shape index (κ3) is 4.53. The molecule has 0 aliphatic rings. The highest BCUT2D eigenvalue weighted by Crippen LogP contribution is 2.45. The van der Waals surface area contributed by atoms with Gasteiger partial charge in [-0.2, -0.15) is 0 Å². The van der Waals surface area contributed by atoms with Crippen LogP contribution in [0.3, 0.4) is 0 Å². The van der Waals surface area contributed by atoms with E-state index >= 15 is 0 Å². The fourth-order valence-corrected chi connectivity index (χ4v) is 11.8. The van der Waals surface area contributed by atoms with E-state index in [9.17, 15) is 0 Å². The minimum atomic E-state index is 1.04. The standard InChI is InChI=1S/C49H28N2S3/c1-4-19-44-35(12-1)37-16-8-14-33(47(37)52-44)29-22-24-42-39(27-29)40-28-30(34-15-9-17-38-36-13-2-5-20-45(36)53-48(34)38)23-25-43(40)51(42)32-11-7-10-31(26-32)49-50-41-18-3-6-21-46(41)54-49/h1-28H. The van der Waals surface area contributed by atoms with Crippen molar-refractivity contribution in [2.75, 3.05) is 0 Å². The molecule has 0 fully saturated rings. The Balaban J connectivity index is 1.11. The van der Waals surface area contributed by atoms with Gasteiger partial charge in [0.25, 0.3) is 0 Å². The maximum Gasteiger partial charge on any atom is 0.124 e. The summed E-state index contributed by atoms with van der Waals surface area (Å²) in [5.41, 5.74) is 10.7. The number of benzene rings is 8. The van der Waals surface area contributed by atoms with Crippen molar-refractivity contribution in [2.45, 2.75) is 0 Å². The smallest absolute Gasteiger partial charge is 0.124 e. The van der Waals surface area contributed by atoms with Gasteiger partial charge in [-0.05, 0) is 82.9 Å². The molecule has 4 aromatic heterocycles. The Bertz CT molecular complexity index is 3260. The first-order valence-electron chi connectivity index (χ1n) is 18.1. The second kappa shape index (κ2) is 11.7. The molecule has 12 rings (SSSR count). The van der Waals surface area contributed by atoms with Crippen LogP contribution in [0.5, 0.6) is 0 Å². The second-order valence-electron chi connectivity index (χ2n) is 13.9. The molecule has 0 aliphatic carbocycles. The molecular weight excluding hydrogens is 713 g/mol. The number of fused-ring (bicyclic) bond motifs is 10. The molecule has 5 heteroatoms. The van der Waals surface area contributed by atoms with E-state index in [1.807, 2.05) is 22.7 Å². The number of thiophene rings is 2. The van der Waals surface area contributed by atoms with Crippen molar-refractivity contribution in [1.82, 2.24) is 9.55 Å². The second-order valence-corrected chi connectivity index (χ2v) is 17.0. The highest BCUT2D eigenvalue weighted by atomic mass is 32.1. The van der Waals surface area contributed by atoms with Gasteiger partial charge in [-0.25, -0.2) is 4.98 Å². The van der Waals surface area contributed by atoms with Gasteiger partial charge in [-0.15, -0.1) is 34.0 Å². The van der Waals surface area contributed by atoms with E-state index < -0.39 is 0 Å². The van der Waals surface area contributed by atoms with E-state index in [-0.39, 0.29) is 0 Å². The van der Waals surface area contributed by atoms with Crippen molar-refractivity contribution in [2.24, 2.45) is 0 Å². The number of hydrogen-bond acceptors (Lipinski definition) is 4. The maximum absolute atomic E-state index is 5.01. The molecule has 0 saturated heterocycles. The van der Waals surface area contributed by atoms with Crippen molar-refractivity contribution >= 4 is 106 Å². The summed E-state index contributed by atoms with van der Waals surface area (Å²) in [6.45, 7) is 0. The van der Waals surface area contributed by atoms with Crippen molar-refractivity contribution in [1.29, 1.82) is 0 Å². The Hall–Kier alpha value is -6.11. The minimum Gasteiger partial charge on any atom is -0.309 e. The van der Waals surface area contributed by atoms with Crippen LogP contribution < -0.4 is 0 Å². The van der Waals surface area contributed by atoms with E-state index in [0.29, 0.717) is 0 Å². The molecule has 0 N–H and O–H groups in total. The fraction of sp³-hybridized carbons (Fsp3) is 0. The molecule has 8 aromatic carbocycles. The van der Waals surface area contributed by atoms with Gasteiger partial charge in [0.05, 0.1) is 21.3 Å². The van der Waals surface area contributed by atoms with Crippen molar-refractivity contribution < 1.29 is 0 Å². The van der Waals surface area contributed by atoms with Crippen molar-refractivity contribution in [3.05, 3.63) is 170 Å². The average molecular weight is 741 g/mol. The molecule has 0 radical (unpaired) electrons. The van der Waals surface area contributed by atoms with Crippen LogP contribution in [0.4, 0.5) is 0 Å². The number of rotatable bonds is 4. The summed E-state index contributed by atoms with van der Waals surface area (Å²) in [5.74, 6) is 0. The first kappa shape index (κ1) is 30.4. The Kier molecular flexibility index (Phi) is 6.58. The van der Waals surface area contributed by atoms with Gasteiger partial charge in [0.15, 0.2) is 0 Å². The molecule has 54 heavy (non-hydrogen) atoms. The SMILES string of the molecule is c1cc(-c2nc3ccccc3s2)cc(-n2c3ccc(-c4cccc5c4sc4ccccc45)cc3c3cc(-c4cccc5c4sc4ccccc45)ccc32)c1. The number of para-hydroxylation sites is 1. The number of nitrogens with zero attached hydrogens (tertiary/aromatic N) is 2. The molecule has 0 spiro atoms. The van der Waals surface area contributed by atoms with Gasteiger partial charge in [0, 0.05) is 62.4 Å². The Morgan fingerprint density at radius 1 is 0.370 bits per heavy atom. The van der Waals surface area contributed by atoms with E-state index in [4.69, 9.17) is 4.98 Å². The lowest BCUT2D eigenvalue weighted by Gasteiger charge is -2.10. The van der Waals surface area contributed by atoms with E-state index in [1.165, 1.54) is 89.1 Å². The lowest BCUT2D eigenvalue weighted by Crippen LogP contribution is -1.94. The molecule has 4 heterocycles. The summed E-state index contributed by atoms with van der Waals surface area (Å²) < 4.78 is 8.97. The van der Waals surface area contributed by atoms with Crippen LogP contribution in [-0.2, 0) is 0 Å². The zero-order valence-electron chi connectivity index (χ0n) is 28.8. The summed E-state index contributed by atoms with van der Waals surface area (Å²) in [6, 6.07) is 62.5. The number of hydrogen-bond donors (Lipinski definition) is 0. The lowest BCUT2D eigenvalue weighted by atomic mass is 9.98. The predicted octanol–water partition coefficient (Wildman–Crippen LogP) is 15.1. The van der Waals surface area contributed by atoms with Crippen molar-refractivity contribution in [3.63, 3.8) is 0 Å². The molecule has 0 unspecified atom stereocenters. The van der Waals surface area contributed by atoms with Gasteiger partial charge >= 0.3 is 0 Å². The van der Waals surface area contributed by atoms with Crippen LogP contribution in [0.25, 0.3) is 111 Å². The summed E-state index contributed by atoms with van der Waals surface area (Å²) in [6.07, 6.45) is 0. The monoisotopic (exact) mass is 740 g/mol. The molecule has 2 nitrogen and oxygen atoms in total. The van der Waals surface area contributed by atoms with Crippen LogP contribution in [0.2, 0.25) is 0 Å². The normalized spacial score (nSPS) is 12.1. The van der Waals surface area contributed by atoms with Gasteiger partial charge in [-0.1, -0.05) is 109 Å². The third-order valence-corrected chi connectivity index (χ3v) is 14.4. The number of aromatic nitrogens is 2. The first-order valence-corrected chi connectivity index (χ1v) is 20.6. The van der Waals surface area contributed by atoms with E-state index in [2.05, 4.69) is 174 Å². The summed E-state index contributed by atoms with van der Waals surface area (Å²) in [4.78, 5) is 5.01. The zero-order chi connectivity index (χ0) is 35.3. The minimum absolute atomic E-state index is 1.04. The number of thiazole rings is 1. The molecule has 252 valence electrons. The topological polar surface area (TPSA) is 17.8 Å². The third-order valence-electron chi connectivity index (χ3n) is 10.8. The Labute approximate surface area is 322 Å². The summed E-state index contributed by atoms with van der Waals surface area (Å²) in [5, 5.41) is 8.82. The first-order chi connectivity index (χ1) is 26.7. The molecule has 0 bridgehead atoms. The molecule has 0 amide bonds. The zero-order valence-corrected chi connectivity index (χ0v) is 31.2. The quantitative estimate of drug-likeness (QED) is 0.176. The van der Waals surface area contributed by atoms with Gasteiger partial charge in [0.2, 0.25) is 0 Å². The highest BCUT2D eigenvalue weighted by molar-refractivity contribution is 7.26. The van der Waals surface area contributed by atoms with Crippen LogP contribution in [0.1, 0.15) is 0 Å². The predicted molar refractivity (Wildman–Crippen MR) is 236 cm³/mol. The molecular formula is C49H28N2S3. The van der Waals surface area contributed by atoms with Crippen LogP contribution in [0.15, 0.2) is 170 Å². The van der Waals surface area contributed by atoms with Crippen LogP contribution in [0, 0.1) is 0 Å². The molecule has 12 aromatic rings. The Morgan fingerprint density at radius 3 is 1.52 bits per heavy atom. The van der Waals surface area contributed by atoms with E-state index in [0.717, 1.165) is 21.8 Å². The van der Waals surface area contributed by atoms with Gasteiger partial charge in [-0.3, -0.25) is 0 Å². The summed E-state index contributed by atoms with van der Waals surface area (Å²) in [7, 11) is 0. The molecule has 0 atom stereocenters.